The molecule has 0 fully saturated rings. The second-order valence-electron chi connectivity index (χ2n) is 3.78. The maximum atomic E-state index is 4.68. The zero-order chi connectivity index (χ0) is 12.4. The molecule has 0 aliphatic heterocycles. The highest BCUT2D eigenvalue weighted by molar-refractivity contribution is 7.99. The number of rotatable bonds is 3. The van der Waals surface area contributed by atoms with E-state index in [1.165, 1.54) is 0 Å². The lowest BCUT2D eigenvalue weighted by Crippen LogP contribution is -1.96. The molecule has 0 atom stereocenters. The molecular weight excluding hydrogens is 244 g/mol. The number of benzene rings is 1. The molecule has 0 amide bonds. The summed E-state index contributed by atoms with van der Waals surface area (Å²) in [5.41, 5.74) is 2.87. The van der Waals surface area contributed by atoms with Crippen LogP contribution in [0.4, 0.5) is 0 Å². The van der Waals surface area contributed by atoms with Gasteiger partial charge in [0.2, 0.25) is 0 Å². The molecule has 3 rings (SSSR count). The third kappa shape index (κ3) is 1.97. The molecular formula is C13H12N4S. The Bertz CT molecular complexity index is 663. The summed E-state index contributed by atoms with van der Waals surface area (Å²) in [5, 5.41) is 8.98. The zero-order valence-corrected chi connectivity index (χ0v) is 10.8. The first kappa shape index (κ1) is 11.2. The van der Waals surface area contributed by atoms with Crippen LogP contribution in [0.5, 0.6) is 0 Å². The second-order valence-corrected chi connectivity index (χ2v) is 5.01. The second kappa shape index (κ2) is 4.78. The molecule has 3 aromatic rings. The van der Waals surface area contributed by atoms with Gasteiger partial charge in [-0.1, -0.05) is 49.0 Å². The zero-order valence-electron chi connectivity index (χ0n) is 9.95. The molecule has 0 N–H and O–H groups in total. The van der Waals surface area contributed by atoms with E-state index in [9.17, 15) is 0 Å². The molecule has 0 aliphatic rings. The van der Waals surface area contributed by atoms with Crippen molar-refractivity contribution < 1.29 is 0 Å². The maximum Gasteiger partial charge on any atom is 0.175 e. The predicted molar refractivity (Wildman–Crippen MR) is 72.6 cm³/mol. The summed E-state index contributed by atoms with van der Waals surface area (Å²) in [6.45, 7) is 2.11. The Labute approximate surface area is 109 Å². The highest BCUT2D eigenvalue weighted by atomic mass is 32.2. The standard InChI is InChI=1S/C13H12N4S/c1-2-18-13-15-11(10-6-4-3-5-7-10)8-12-16-14-9-17(12)13/h3-9H,2H2,1H3. The number of fused-ring (bicyclic) bond motifs is 1. The van der Waals surface area contributed by atoms with E-state index in [0.29, 0.717) is 0 Å². The molecule has 0 spiro atoms. The molecule has 1 aromatic carbocycles. The summed E-state index contributed by atoms with van der Waals surface area (Å²) in [6, 6.07) is 12.1. The van der Waals surface area contributed by atoms with Crippen molar-refractivity contribution in [1.29, 1.82) is 0 Å². The smallest absolute Gasteiger partial charge is 0.175 e. The molecule has 0 unspecified atom stereocenters. The molecule has 5 heteroatoms. The molecule has 0 saturated heterocycles. The molecule has 4 nitrogen and oxygen atoms in total. The monoisotopic (exact) mass is 256 g/mol. The minimum Gasteiger partial charge on any atom is -0.260 e. The van der Waals surface area contributed by atoms with Crippen molar-refractivity contribution in [1.82, 2.24) is 19.6 Å². The van der Waals surface area contributed by atoms with Crippen LogP contribution in [-0.2, 0) is 0 Å². The fourth-order valence-electron chi connectivity index (χ4n) is 1.79. The van der Waals surface area contributed by atoms with E-state index < -0.39 is 0 Å². The Hall–Kier alpha value is -1.88. The summed E-state index contributed by atoms with van der Waals surface area (Å²) in [6.07, 6.45) is 1.70. The first-order valence-electron chi connectivity index (χ1n) is 5.77. The Kier molecular flexibility index (Phi) is 2.98. The fourth-order valence-corrected chi connectivity index (χ4v) is 2.49. The number of nitrogens with zero attached hydrogens (tertiary/aromatic N) is 4. The van der Waals surface area contributed by atoms with Crippen LogP contribution in [0.1, 0.15) is 6.92 Å². The summed E-state index contributed by atoms with van der Waals surface area (Å²) in [4.78, 5) is 4.68. The van der Waals surface area contributed by atoms with Gasteiger partial charge in [0.05, 0.1) is 5.69 Å². The highest BCUT2D eigenvalue weighted by Crippen LogP contribution is 2.23. The third-order valence-electron chi connectivity index (χ3n) is 2.61. The van der Waals surface area contributed by atoms with Gasteiger partial charge in [-0.25, -0.2) is 4.98 Å². The molecule has 0 aliphatic carbocycles. The molecule has 0 saturated carbocycles. The summed E-state index contributed by atoms with van der Waals surface area (Å²) in [7, 11) is 0. The molecule has 0 bridgehead atoms. The van der Waals surface area contributed by atoms with Crippen molar-refractivity contribution in [2.45, 2.75) is 12.1 Å². The normalized spacial score (nSPS) is 10.9. The average molecular weight is 256 g/mol. The van der Waals surface area contributed by atoms with E-state index in [4.69, 9.17) is 0 Å². The summed E-state index contributed by atoms with van der Waals surface area (Å²) in [5.74, 6) is 0.971. The van der Waals surface area contributed by atoms with Crippen LogP contribution in [-0.4, -0.2) is 25.3 Å². The molecule has 2 aromatic heterocycles. The Morgan fingerprint density at radius 2 is 2.06 bits per heavy atom. The van der Waals surface area contributed by atoms with Gasteiger partial charge in [0.15, 0.2) is 10.8 Å². The predicted octanol–water partition coefficient (Wildman–Crippen LogP) is 2.90. The summed E-state index contributed by atoms with van der Waals surface area (Å²) >= 11 is 1.69. The Balaban J connectivity index is 2.19. The number of aromatic nitrogens is 4. The van der Waals surface area contributed by atoms with Crippen molar-refractivity contribution in [3.05, 3.63) is 42.7 Å². The Morgan fingerprint density at radius 3 is 2.83 bits per heavy atom. The van der Waals surface area contributed by atoms with Gasteiger partial charge < -0.3 is 0 Å². The summed E-state index contributed by atoms with van der Waals surface area (Å²) < 4.78 is 1.92. The SMILES string of the molecule is CCSc1nc(-c2ccccc2)cc2nncn12. The van der Waals surface area contributed by atoms with E-state index >= 15 is 0 Å². The van der Waals surface area contributed by atoms with Crippen molar-refractivity contribution in [2.24, 2.45) is 0 Å². The van der Waals surface area contributed by atoms with Crippen LogP contribution in [0, 0.1) is 0 Å². The highest BCUT2D eigenvalue weighted by Gasteiger charge is 2.08. The lowest BCUT2D eigenvalue weighted by molar-refractivity contribution is 0.902. The number of hydrogen-bond donors (Lipinski definition) is 0. The van der Waals surface area contributed by atoms with Gasteiger partial charge in [0, 0.05) is 11.6 Å². The average Bonchev–Trinajstić information content (AvgIpc) is 2.88. The molecule has 18 heavy (non-hydrogen) atoms. The van der Waals surface area contributed by atoms with Crippen LogP contribution < -0.4 is 0 Å². The van der Waals surface area contributed by atoms with Crippen molar-refractivity contribution in [3.63, 3.8) is 0 Å². The van der Waals surface area contributed by atoms with Crippen molar-refractivity contribution in [3.8, 4) is 11.3 Å². The minimum absolute atomic E-state index is 0.833. The van der Waals surface area contributed by atoms with Gasteiger partial charge in [-0.05, 0) is 5.75 Å². The van der Waals surface area contributed by atoms with Crippen LogP contribution >= 0.6 is 11.8 Å². The largest absolute Gasteiger partial charge is 0.260 e. The quantitative estimate of drug-likeness (QED) is 0.534. The van der Waals surface area contributed by atoms with Gasteiger partial charge in [-0.2, -0.15) is 0 Å². The van der Waals surface area contributed by atoms with Crippen molar-refractivity contribution >= 4 is 17.4 Å². The first-order valence-corrected chi connectivity index (χ1v) is 6.76. The van der Waals surface area contributed by atoms with E-state index in [1.807, 2.05) is 28.7 Å². The van der Waals surface area contributed by atoms with E-state index in [2.05, 4.69) is 34.2 Å². The van der Waals surface area contributed by atoms with Gasteiger partial charge in [0.25, 0.3) is 0 Å². The van der Waals surface area contributed by atoms with Gasteiger partial charge in [-0.15, -0.1) is 10.2 Å². The van der Waals surface area contributed by atoms with Gasteiger partial charge in [-0.3, -0.25) is 4.40 Å². The molecule has 90 valence electrons. The molecule has 2 heterocycles. The first-order chi connectivity index (χ1) is 8.88. The third-order valence-corrected chi connectivity index (χ3v) is 3.44. The van der Waals surface area contributed by atoms with Crippen LogP contribution in [0.15, 0.2) is 47.9 Å². The topological polar surface area (TPSA) is 43.1 Å². The van der Waals surface area contributed by atoms with Crippen LogP contribution in [0.3, 0.4) is 0 Å². The number of thioether (sulfide) groups is 1. The lowest BCUT2D eigenvalue weighted by Gasteiger charge is -2.06. The lowest BCUT2D eigenvalue weighted by atomic mass is 10.1. The number of hydrogen-bond acceptors (Lipinski definition) is 4. The van der Waals surface area contributed by atoms with Crippen molar-refractivity contribution in [2.75, 3.05) is 5.75 Å². The van der Waals surface area contributed by atoms with E-state index in [-0.39, 0.29) is 0 Å². The van der Waals surface area contributed by atoms with E-state index in [0.717, 1.165) is 27.8 Å². The van der Waals surface area contributed by atoms with E-state index in [1.54, 1.807) is 18.1 Å². The van der Waals surface area contributed by atoms with Crippen LogP contribution in [0.25, 0.3) is 16.9 Å². The fraction of sp³-hybridized carbons (Fsp3) is 0.154. The Morgan fingerprint density at radius 1 is 1.22 bits per heavy atom. The maximum absolute atomic E-state index is 4.68. The minimum atomic E-state index is 0.833. The molecule has 0 radical (unpaired) electrons. The van der Waals surface area contributed by atoms with Crippen LogP contribution in [0.2, 0.25) is 0 Å². The van der Waals surface area contributed by atoms with Gasteiger partial charge >= 0.3 is 0 Å². The van der Waals surface area contributed by atoms with Gasteiger partial charge in [0.1, 0.15) is 6.33 Å².